The van der Waals surface area contributed by atoms with Crippen molar-refractivity contribution >= 4 is 5.91 Å². The molecule has 6 heteroatoms. The standard InChI is InChI=1S/C18H15N3O3/c1-2-24-18(23)16(20-19)17(22)21-12-6-5-10-14-8-3-4-9-15(14)11-7-13-21/h3-4,8-9H,2,6,12-13H2,1H3/p+1. The lowest BCUT2D eigenvalue weighted by atomic mass is 10.1. The van der Waals surface area contributed by atoms with Gasteiger partial charge in [-0.3, -0.25) is 4.79 Å². The van der Waals surface area contributed by atoms with E-state index < -0.39 is 17.5 Å². The minimum Gasteiger partial charge on any atom is -0.475 e. The zero-order valence-electron chi connectivity index (χ0n) is 13.2. The van der Waals surface area contributed by atoms with Gasteiger partial charge in [0, 0.05) is 24.1 Å². The predicted molar refractivity (Wildman–Crippen MR) is 87.8 cm³/mol. The van der Waals surface area contributed by atoms with E-state index >= 15 is 0 Å². The van der Waals surface area contributed by atoms with E-state index in [4.69, 9.17) is 10.1 Å². The van der Waals surface area contributed by atoms with Crippen LogP contribution in [0.3, 0.4) is 0 Å². The molecule has 0 atom stereocenters. The third kappa shape index (κ3) is 4.06. The largest absolute Gasteiger partial charge is 0.527 e. The van der Waals surface area contributed by atoms with Crippen molar-refractivity contribution in [1.29, 1.82) is 5.39 Å². The Morgan fingerprint density at radius 1 is 1.33 bits per heavy atom. The molecule has 120 valence electrons. The van der Waals surface area contributed by atoms with Gasteiger partial charge in [-0.15, -0.1) is 0 Å². The number of amides is 1. The minimum absolute atomic E-state index is 0.118. The first-order valence-electron chi connectivity index (χ1n) is 7.44. The molecule has 1 aliphatic heterocycles. The molecule has 2 rings (SSSR count). The van der Waals surface area contributed by atoms with Gasteiger partial charge in [0.2, 0.25) is 5.39 Å². The van der Waals surface area contributed by atoms with Gasteiger partial charge in [-0.1, -0.05) is 35.8 Å². The summed E-state index contributed by atoms with van der Waals surface area (Å²) in [5.41, 5.74) is 1.09. The first-order chi connectivity index (χ1) is 11.7. The van der Waals surface area contributed by atoms with E-state index in [0.29, 0.717) is 13.0 Å². The Balaban J connectivity index is 2.27. The van der Waals surface area contributed by atoms with Crippen molar-refractivity contribution in [1.82, 2.24) is 4.90 Å². The van der Waals surface area contributed by atoms with Crippen LogP contribution in [0.15, 0.2) is 35.9 Å². The molecule has 1 amide bonds. The first-order valence-corrected chi connectivity index (χ1v) is 7.44. The highest BCUT2D eigenvalue weighted by atomic mass is 16.6. The molecule has 0 fully saturated rings. The van der Waals surface area contributed by atoms with E-state index in [1.165, 1.54) is 4.90 Å². The van der Waals surface area contributed by atoms with Crippen molar-refractivity contribution in [2.75, 3.05) is 19.7 Å². The van der Waals surface area contributed by atoms with Crippen LogP contribution in [0.1, 0.15) is 24.5 Å². The lowest BCUT2D eigenvalue weighted by Gasteiger charge is -2.15. The minimum atomic E-state index is -0.716. The van der Waals surface area contributed by atoms with Crippen molar-refractivity contribution < 1.29 is 14.6 Å². The van der Waals surface area contributed by atoms with Crippen molar-refractivity contribution in [3.05, 3.63) is 52.0 Å². The lowest BCUT2D eigenvalue weighted by Crippen LogP contribution is -2.33. The number of aliphatic hydroxyl groups excluding tert-OH is 1. The number of ether oxygens (including phenoxy) is 1. The molecule has 1 heterocycles. The summed E-state index contributed by atoms with van der Waals surface area (Å²) in [6, 6.07) is 7.52. The summed E-state index contributed by atoms with van der Waals surface area (Å²) >= 11 is 0. The Morgan fingerprint density at radius 2 is 2.00 bits per heavy atom. The summed E-state index contributed by atoms with van der Waals surface area (Å²) in [4.78, 5) is 16.6. The molecule has 1 aromatic carbocycles. The van der Waals surface area contributed by atoms with Crippen LogP contribution < -0.4 is 0 Å². The van der Waals surface area contributed by atoms with Gasteiger partial charge in [0.25, 0.3) is 0 Å². The fourth-order valence-electron chi connectivity index (χ4n) is 2.06. The molecule has 0 saturated heterocycles. The van der Waals surface area contributed by atoms with Crippen LogP contribution in [0.4, 0.5) is 0 Å². The van der Waals surface area contributed by atoms with Gasteiger partial charge in [0.05, 0.1) is 13.2 Å². The topological polar surface area (TPSA) is 77.9 Å². The van der Waals surface area contributed by atoms with Crippen molar-refractivity contribution in [2.45, 2.75) is 13.3 Å². The number of carbonyl (C=O) groups excluding carboxylic acids is 1. The van der Waals surface area contributed by atoms with Crippen LogP contribution >= 0.6 is 0 Å². The van der Waals surface area contributed by atoms with Gasteiger partial charge in [0.1, 0.15) is 0 Å². The second kappa shape index (κ2) is 8.27. The number of carbonyl (C=O) groups is 1. The SMILES string of the molecule is CCO/C(O)=C(\[N+]#N)C(=O)N1CC#Cc2ccccc2C#CCC1. The molecule has 0 bridgehead atoms. The summed E-state index contributed by atoms with van der Waals surface area (Å²) in [6.07, 6.45) is 0.426. The highest BCUT2D eigenvalue weighted by Gasteiger charge is 2.34. The molecular formula is C18H16N3O3+. The normalized spacial score (nSPS) is 13.8. The number of aliphatic hydroxyl groups is 1. The summed E-state index contributed by atoms with van der Waals surface area (Å²) in [7, 11) is 0. The molecule has 0 saturated carbocycles. The molecule has 1 aliphatic rings. The lowest BCUT2D eigenvalue weighted by molar-refractivity contribution is -0.126. The van der Waals surface area contributed by atoms with Crippen LogP contribution in [0.2, 0.25) is 0 Å². The maximum Gasteiger partial charge on any atom is 0.527 e. The molecular weight excluding hydrogens is 306 g/mol. The summed E-state index contributed by atoms with van der Waals surface area (Å²) in [6.45, 7) is 2.19. The molecule has 1 aromatic rings. The number of nitrogens with zero attached hydrogens (tertiary/aromatic N) is 3. The smallest absolute Gasteiger partial charge is 0.475 e. The highest BCUT2D eigenvalue weighted by Crippen LogP contribution is 2.11. The Bertz CT molecular complexity index is 829. The van der Waals surface area contributed by atoms with Crippen molar-refractivity contribution in [3.63, 3.8) is 0 Å². The van der Waals surface area contributed by atoms with Crippen LogP contribution in [0, 0.1) is 29.1 Å². The number of hydrogen-bond donors (Lipinski definition) is 1. The Labute approximate surface area is 140 Å². The zero-order valence-corrected chi connectivity index (χ0v) is 13.2. The van der Waals surface area contributed by atoms with Crippen LogP contribution in [0.5, 0.6) is 0 Å². The van der Waals surface area contributed by atoms with Gasteiger partial charge in [-0.25, -0.2) is 0 Å². The van der Waals surface area contributed by atoms with E-state index in [1.54, 1.807) is 6.92 Å². The highest BCUT2D eigenvalue weighted by molar-refractivity contribution is 5.95. The monoisotopic (exact) mass is 322 g/mol. The fourth-order valence-corrected chi connectivity index (χ4v) is 2.06. The first kappa shape index (κ1) is 16.9. The molecule has 0 unspecified atom stereocenters. The zero-order chi connectivity index (χ0) is 17.4. The van der Waals surface area contributed by atoms with Crippen LogP contribution in [0.25, 0.3) is 4.98 Å². The summed E-state index contributed by atoms with van der Waals surface area (Å²) in [5.74, 6) is 10.5. The third-order valence-electron chi connectivity index (χ3n) is 3.22. The molecule has 0 spiro atoms. The third-order valence-corrected chi connectivity index (χ3v) is 3.22. The van der Waals surface area contributed by atoms with E-state index in [2.05, 4.69) is 28.7 Å². The Hall–Kier alpha value is -3.43. The molecule has 1 N–H and O–H groups in total. The molecule has 0 radical (unpaired) electrons. The second-order valence-electron chi connectivity index (χ2n) is 4.81. The summed E-state index contributed by atoms with van der Waals surface area (Å²) in [5, 5.41) is 18.7. The molecule has 0 aromatic heterocycles. The molecule has 6 nitrogen and oxygen atoms in total. The predicted octanol–water partition coefficient (Wildman–Crippen LogP) is 2.24. The maximum atomic E-state index is 12.4. The number of fused-ring (bicyclic) bond motifs is 1. The average Bonchev–Trinajstić information content (AvgIpc) is 2.59. The average molecular weight is 322 g/mol. The van der Waals surface area contributed by atoms with E-state index in [1.807, 2.05) is 24.3 Å². The molecule has 0 aliphatic carbocycles. The van der Waals surface area contributed by atoms with Gasteiger partial charge in [-0.2, -0.15) is 0 Å². The van der Waals surface area contributed by atoms with Gasteiger partial charge >= 0.3 is 17.5 Å². The van der Waals surface area contributed by atoms with Crippen molar-refractivity contribution in [3.8, 4) is 23.7 Å². The van der Waals surface area contributed by atoms with Gasteiger partial charge < -0.3 is 14.7 Å². The fraction of sp³-hybridized carbons (Fsp3) is 0.278. The number of hydrogen-bond acceptors (Lipinski definition) is 4. The number of benzene rings is 1. The van der Waals surface area contributed by atoms with Gasteiger partial charge in [0.15, 0.2) is 4.98 Å². The van der Waals surface area contributed by atoms with Crippen molar-refractivity contribution in [2.24, 2.45) is 0 Å². The second-order valence-corrected chi connectivity index (χ2v) is 4.81. The Kier molecular flexibility index (Phi) is 5.83. The van der Waals surface area contributed by atoms with Crippen LogP contribution in [-0.4, -0.2) is 35.6 Å². The Morgan fingerprint density at radius 3 is 2.62 bits per heavy atom. The number of rotatable bonds is 3. The van der Waals surface area contributed by atoms with Gasteiger partial charge in [-0.05, 0) is 19.1 Å². The van der Waals surface area contributed by atoms with E-state index in [-0.39, 0.29) is 13.2 Å². The van der Waals surface area contributed by atoms with E-state index in [9.17, 15) is 9.90 Å². The molecule has 24 heavy (non-hydrogen) atoms. The van der Waals surface area contributed by atoms with Crippen LogP contribution in [-0.2, 0) is 9.53 Å². The summed E-state index contributed by atoms with van der Waals surface area (Å²) < 4.78 is 4.82. The quantitative estimate of drug-likeness (QED) is 0.401. The maximum absolute atomic E-state index is 12.4. The van der Waals surface area contributed by atoms with E-state index in [0.717, 1.165) is 11.1 Å². The number of diazo groups is 1.